The molecular weight excluding hydrogens is 414 g/mol. The zero-order chi connectivity index (χ0) is 22.8. The van der Waals surface area contributed by atoms with Gasteiger partial charge in [0, 0.05) is 62.8 Å². The quantitative estimate of drug-likeness (QED) is 0.648. The van der Waals surface area contributed by atoms with E-state index in [0.717, 1.165) is 66.7 Å². The molecule has 0 spiro atoms. The molecule has 1 aromatic carbocycles. The number of pyridine rings is 1. The van der Waals surface area contributed by atoms with Crippen molar-refractivity contribution in [1.29, 1.82) is 0 Å². The highest BCUT2D eigenvalue weighted by atomic mass is 16.1. The molecule has 3 aromatic rings. The summed E-state index contributed by atoms with van der Waals surface area (Å²) in [5.74, 6) is 1.52. The van der Waals surface area contributed by atoms with Crippen molar-refractivity contribution in [2.45, 2.75) is 25.7 Å². The summed E-state index contributed by atoms with van der Waals surface area (Å²) in [5, 5.41) is 13.3. The van der Waals surface area contributed by atoms with Crippen molar-refractivity contribution in [3.8, 4) is 11.3 Å². The van der Waals surface area contributed by atoms with E-state index in [2.05, 4.69) is 43.5 Å². The monoisotopic (exact) mass is 447 g/mol. The number of carbonyl (C=O) groups excluding carboxylic acids is 1. The first-order chi connectivity index (χ1) is 16.0. The minimum atomic E-state index is 0.0807. The van der Waals surface area contributed by atoms with Crippen LogP contribution in [0.1, 0.15) is 25.7 Å². The van der Waals surface area contributed by atoms with Gasteiger partial charge in [-0.3, -0.25) is 9.48 Å². The molecule has 2 aliphatic rings. The number of benzene rings is 1. The lowest BCUT2D eigenvalue weighted by atomic mass is 9.81. The van der Waals surface area contributed by atoms with Crippen LogP contribution in [0.3, 0.4) is 0 Å². The molecule has 8 heteroatoms. The first-order valence-electron chi connectivity index (χ1n) is 12.0. The van der Waals surface area contributed by atoms with Crippen LogP contribution in [0.15, 0.2) is 36.7 Å². The minimum absolute atomic E-state index is 0.0807. The largest absolute Gasteiger partial charge is 0.310 e. The molecule has 174 valence electrons. The van der Waals surface area contributed by atoms with Gasteiger partial charge in [0.05, 0.1) is 6.20 Å². The van der Waals surface area contributed by atoms with Gasteiger partial charge in [0.1, 0.15) is 11.5 Å². The average molecular weight is 448 g/mol. The number of likely N-dealkylation sites (N-methyl/N-ethyl adjacent to an activating group) is 1. The number of rotatable bonds is 5. The number of fused-ring (bicyclic) bond motifs is 1. The average Bonchev–Trinajstić information content (AvgIpc) is 3.27. The second-order valence-corrected chi connectivity index (χ2v) is 9.72. The SMILES string of the molecule is CN1CCN(CC2CCC(C(=O)Nc3cc4cc(-c5cn(C)nn5)ccc4cn3)CC2)CC1. The summed E-state index contributed by atoms with van der Waals surface area (Å²) in [6.45, 7) is 5.85. The van der Waals surface area contributed by atoms with E-state index in [1.54, 1.807) is 4.68 Å². The Balaban J connectivity index is 1.18. The van der Waals surface area contributed by atoms with Crippen molar-refractivity contribution >= 4 is 22.5 Å². The number of aryl methyl sites for hydroxylation is 1. The van der Waals surface area contributed by atoms with Crippen LogP contribution in [0.4, 0.5) is 5.82 Å². The molecule has 0 unspecified atom stereocenters. The fourth-order valence-electron chi connectivity index (χ4n) is 5.08. The zero-order valence-electron chi connectivity index (χ0n) is 19.6. The van der Waals surface area contributed by atoms with Crippen LogP contribution in [0.25, 0.3) is 22.0 Å². The molecule has 1 N–H and O–H groups in total. The lowest BCUT2D eigenvalue weighted by Gasteiger charge is -2.36. The molecule has 0 bridgehead atoms. The summed E-state index contributed by atoms with van der Waals surface area (Å²) in [7, 11) is 4.05. The van der Waals surface area contributed by atoms with E-state index >= 15 is 0 Å². The number of aromatic nitrogens is 4. The van der Waals surface area contributed by atoms with Gasteiger partial charge in [0.25, 0.3) is 0 Å². The highest BCUT2D eigenvalue weighted by Crippen LogP contribution is 2.31. The Bertz CT molecular complexity index is 1110. The van der Waals surface area contributed by atoms with Gasteiger partial charge in [0.15, 0.2) is 0 Å². The second-order valence-electron chi connectivity index (χ2n) is 9.72. The Morgan fingerprint density at radius 1 is 1.03 bits per heavy atom. The van der Waals surface area contributed by atoms with Gasteiger partial charge in [-0.2, -0.15) is 0 Å². The van der Waals surface area contributed by atoms with Crippen molar-refractivity contribution in [1.82, 2.24) is 29.8 Å². The molecule has 1 aliphatic carbocycles. The van der Waals surface area contributed by atoms with E-state index < -0.39 is 0 Å². The van der Waals surface area contributed by atoms with Gasteiger partial charge in [-0.25, -0.2) is 4.98 Å². The fourth-order valence-corrected chi connectivity index (χ4v) is 5.08. The standard InChI is InChI=1S/C25H33N7O/c1-30-9-11-32(12-10-30)16-18-3-5-19(6-4-18)25(33)27-24-14-22-13-20(7-8-21(22)15-26-24)23-17-31(2)29-28-23/h7-8,13-15,17-19H,3-6,9-12,16H2,1-2H3,(H,26,27,33). The molecule has 1 saturated carbocycles. The number of carbonyl (C=O) groups is 1. The number of anilines is 1. The normalized spacial score (nSPS) is 22.5. The van der Waals surface area contributed by atoms with Crippen LogP contribution in [-0.2, 0) is 11.8 Å². The maximum atomic E-state index is 12.9. The second kappa shape index (κ2) is 9.57. The van der Waals surface area contributed by atoms with E-state index in [1.165, 1.54) is 19.6 Å². The third-order valence-corrected chi connectivity index (χ3v) is 7.20. The number of hydrogen-bond acceptors (Lipinski definition) is 6. The molecule has 2 aromatic heterocycles. The summed E-state index contributed by atoms with van der Waals surface area (Å²) >= 11 is 0. The molecule has 1 amide bonds. The van der Waals surface area contributed by atoms with Crippen molar-refractivity contribution in [2.75, 3.05) is 45.1 Å². The summed E-state index contributed by atoms with van der Waals surface area (Å²) in [6.07, 6.45) is 7.92. The van der Waals surface area contributed by atoms with E-state index in [9.17, 15) is 4.79 Å². The molecule has 0 radical (unpaired) electrons. The van der Waals surface area contributed by atoms with Gasteiger partial charge in [-0.1, -0.05) is 17.3 Å². The molecule has 33 heavy (non-hydrogen) atoms. The molecule has 8 nitrogen and oxygen atoms in total. The molecule has 2 fully saturated rings. The number of nitrogens with zero attached hydrogens (tertiary/aromatic N) is 6. The third-order valence-electron chi connectivity index (χ3n) is 7.20. The van der Waals surface area contributed by atoms with Crippen LogP contribution in [0.2, 0.25) is 0 Å². The van der Waals surface area contributed by atoms with Crippen molar-refractivity contribution in [3.05, 3.63) is 36.7 Å². The lowest BCUT2D eigenvalue weighted by molar-refractivity contribution is -0.121. The highest BCUT2D eigenvalue weighted by molar-refractivity contribution is 5.95. The third kappa shape index (κ3) is 5.23. The lowest BCUT2D eigenvalue weighted by Crippen LogP contribution is -2.46. The van der Waals surface area contributed by atoms with E-state index in [0.29, 0.717) is 5.82 Å². The zero-order valence-corrected chi connectivity index (χ0v) is 19.6. The Morgan fingerprint density at radius 2 is 1.82 bits per heavy atom. The van der Waals surface area contributed by atoms with Crippen LogP contribution in [-0.4, -0.2) is 75.5 Å². The number of hydrogen-bond donors (Lipinski definition) is 1. The van der Waals surface area contributed by atoms with Crippen molar-refractivity contribution in [3.63, 3.8) is 0 Å². The Morgan fingerprint density at radius 3 is 2.55 bits per heavy atom. The smallest absolute Gasteiger partial charge is 0.228 e. The fraction of sp³-hybridized carbons (Fsp3) is 0.520. The topological polar surface area (TPSA) is 79.2 Å². The summed E-state index contributed by atoms with van der Waals surface area (Å²) in [5.41, 5.74) is 1.83. The molecule has 5 rings (SSSR count). The number of amides is 1. The van der Waals surface area contributed by atoms with E-state index in [-0.39, 0.29) is 11.8 Å². The van der Waals surface area contributed by atoms with E-state index in [1.807, 2.05) is 37.6 Å². The Labute approximate surface area is 195 Å². The van der Waals surface area contributed by atoms with Gasteiger partial charge < -0.3 is 15.1 Å². The van der Waals surface area contributed by atoms with Gasteiger partial charge in [-0.15, -0.1) is 5.10 Å². The summed E-state index contributed by atoms with van der Waals surface area (Å²) < 4.78 is 1.69. The van der Waals surface area contributed by atoms with Gasteiger partial charge in [0.2, 0.25) is 5.91 Å². The molecule has 0 atom stereocenters. The maximum absolute atomic E-state index is 12.9. The van der Waals surface area contributed by atoms with Crippen LogP contribution in [0, 0.1) is 11.8 Å². The predicted molar refractivity (Wildman–Crippen MR) is 130 cm³/mol. The first-order valence-corrected chi connectivity index (χ1v) is 12.0. The predicted octanol–water partition coefficient (Wildman–Crippen LogP) is 3.02. The van der Waals surface area contributed by atoms with Gasteiger partial charge >= 0.3 is 0 Å². The molecule has 1 saturated heterocycles. The van der Waals surface area contributed by atoms with Crippen molar-refractivity contribution in [2.24, 2.45) is 18.9 Å². The molecule has 1 aliphatic heterocycles. The molecular formula is C25H33N7O. The number of piperazine rings is 1. The first kappa shape index (κ1) is 22.0. The summed E-state index contributed by atoms with van der Waals surface area (Å²) in [6, 6.07) is 8.07. The van der Waals surface area contributed by atoms with Gasteiger partial charge in [-0.05, 0) is 56.2 Å². The van der Waals surface area contributed by atoms with E-state index in [4.69, 9.17) is 0 Å². The Kier molecular flexibility index (Phi) is 6.37. The molecule has 3 heterocycles. The summed E-state index contributed by atoms with van der Waals surface area (Å²) in [4.78, 5) is 22.4. The highest BCUT2D eigenvalue weighted by Gasteiger charge is 2.28. The number of nitrogens with one attached hydrogen (secondary N) is 1. The van der Waals surface area contributed by atoms with Crippen LogP contribution in [0.5, 0.6) is 0 Å². The van der Waals surface area contributed by atoms with Crippen molar-refractivity contribution < 1.29 is 4.79 Å². The maximum Gasteiger partial charge on any atom is 0.228 e. The van der Waals surface area contributed by atoms with Crippen LogP contribution >= 0.6 is 0 Å². The van der Waals surface area contributed by atoms with Crippen LogP contribution < -0.4 is 5.32 Å². The Hall–Kier alpha value is -2.84. The minimum Gasteiger partial charge on any atom is -0.310 e.